The Morgan fingerprint density at radius 3 is 2.41 bits per heavy atom. The average molecular weight is 233 g/mol. The number of anilines is 1. The van der Waals surface area contributed by atoms with E-state index in [-0.39, 0.29) is 11.8 Å². The van der Waals surface area contributed by atoms with Crippen molar-refractivity contribution >= 4 is 17.6 Å². The van der Waals surface area contributed by atoms with Crippen molar-refractivity contribution in [1.82, 2.24) is 0 Å². The van der Waals surface area contributed by atoms with Gasteiger partial charge in [0.25, 0.3) is 0 Å². The normalized spacial score (nSPS) is 22.6. The van der Waals surface area contributed by atoms with Crippen LogP contribution in [-0.4, -0.2) is 17.0 Å². The van der Waals surface area contributed by atoms with Crippen LogP contribution in [0.5, 0.6) is 0 Å². The Morgan fingerprint density at radius 2 is 1.88 bits per heavy atom. The van der Waals surface area contributed by atoms with Crippen molar-refractivity contribution in [2.45, 2.75) is 19.8 Å². The van der Waals surface area contributed by atoms with Crippen LogP contribution in [0.2, 0.25) is 0 Å². The minimum Gasteiger partial charge on any atom is -0.481 e. The largest absolute Gasteiger partial charge is 0.481 e. The number of amides is 1. The number of hydrogen-bond donors (Lipinski definition) is 2. The number of carbonyl (C=O) groups is 2. The van der Waals surface area contributed by atoms with Gasteiger partial charge in [0.1, 0.15) is 0 Å². The second kappa shape index (κ2) is 4.57. The van der Waals surface area contributed by atoms with Crippen LogP contribution < -0.4 is 5.32 Å². The summed E-state index contributed by atoms with van der Waals surface area (Å²) in [5, 5.41) is 11.7. The number of carboxylic acid groups (broad SMARTS) is 1. The molecule has 0 aromatic heterocycles. The zero-order chi connectivity index (χ0) is 12.4. The van der Waals surface area contributed by atoms with Gasteiger partial charge in [0.15, 0.2) is 0 Å². The Hall–Kier alpha value is -1.84. The third-order valence-corrected chi connectivity index (χ3v) is 3.33. The molecule has 0 saturated heterocycles. The van der Waals surface area contributed by atoms with Gasteiger partial charge in [-0.05, 0) is 31.4 Å². The molecular weight excluding hydrogens is 218 g/mol. The topological polar surface area (TPSA) is 66.4 Å². The molecule has 4 heteroatoms. The van der Waals surface area contributed by atoms with E-state index in [1.54, 1.807) is 0 Å². The molecule has 2 N–H and O–H groups in total. The van der Waals surface area contributed by atoms with Crippen LogP contribution in [0.1, 0.15) is 18.4 Å². The molecule has 0 aliphatic heterocycles. The van der Waals surface area contributed by atoms with E-state index in [4.69, 9.17) is 5.11 Å². The highest BCUT2D eigenvalue weighted by atomic mass is 16.4. The Balaban J connectivity index is 2.03. The van der Waals surface area contributed by atoms with Crippen LogP contribution in [0.25, 0.3) is 0 Å². The summed E-state index contributed by atoms with van der Waals surface area (Å²) in [6, 6.07) is 7.47. The fraction of sp³-hybridized carbons (Fsp3) is 0.385. The number of para-hydroxylation sites is 1. The molecule has 1 aliphatic rings. The Bertz CT molecular complexity index is 456. The van der Waals surface area contributed by atoms with E-state index in [0.717, 1.165) is 11.3 Å². The van der Waals surface area contributed by atoms with Crippen molar-refractivity contribution < 1.29 is 14.7 Å². The molecule has 17 heavy (non-hydrogen) atoms. The van der Waals surface area contributed by atoms with Gasteiger partial charge < -0.3 is 10.4 Å². The molecule has 1 aromatic carbocycles. The van der Waals surface area contributed by atoms with Crippen LogP contribution in [0, 0.1) is 18.8 Å². The fourth-order valence-electron chi connectivity index (χ4n) is 2.05. The molecular formula is C13H15NO3. The van der Waals surface area contributed by atoms with Crippen molar-refractivity contribution in [3.05, 3.63) is 29.8 Å². The summed E-state index contributed by atoms with van der Waals surface area (Å²) in [4.78, 5) is 22.7. The number of hydrogen-bond acceptors (Lipinski definition) is 2. The van der Waals surface area contributed by atoms with E-state index >= 15 is 0 Å². The summed E-state index contributed by atoms with van der Waals surface area (Å²) >= 11 is 0. The average Bonchev–Trinajstić information content (AvgIpc) is 2.18. The van der Waals surface area contributed by atoms with Crippen molar-refractivity contribution in [3.8, 4) is 0 Å². The van der Waals surface area contributed by atoms with Crippen LogP contribution >= 0.6 is 0 Å². The first-order valence-electron chi connectivity index (χ1n) is 5.69. The molecule has 0 bridgehead atoms. The first-order valence-corrected chi connectivity index (χ1v) is 5.69. The summed E-state index contributed by atoms with van der Waals surface area (Å²) < 4.78 is 0. The number of aliphatic carboxylic acids is 1. The third-order valence-electron chi connectivity index (χ3n) is 3.33. The maximum Gasteiger partial charge on any atom is 0.307 e. The number of benzene rings is 1. The number of rotatable bonds is 3. The smallest absolute Gasteiger partial charge is 0.307 e. The van der Waals surface area contributed by atoms with E-state index in [9.17, 15) is 9.59 Å². The molecule has 1 aliphatic carbocycles. The van der Waals surface area contributed by atoms with E-state index in [0.29, 0.717) is 12.8 Å². The van der Waals surface area contributed by atoms with Gasteiger partial charge in [0.05, 0.1) is 11.8 Å². The molecule has 1 aromatic rings. The van der Waals surface area contributed by atoms with Gasteiger partial charge in [-0.25, -0.2) is 0 Å². The molecule has 0 radical (unpaired) electrons. The summed E-state index contributed by atoms with van der Waals surface area (Å²) in [6.07, 6.45) is 1.26. The molecule has 4 nitrogen and oxygen atoms in total. The van der Waals surface area contributed by atoms with Gasteiger partial charge in [-0.2, -0.15) is 0 Å². The monoisotopic (exact) mass is 233 g/mol. The highest BCUT2D eigenvalue weighted by Crippen LogP contribution is 2.35. The second-order valence-corrected chi connectivity index (χ2v) is 4.43. The lowest BCUT2D eigenvalue weighted by atomic mass is 9.73. The highest BCUT2D eigenvalue weighted by Gasteiger charge is 2.41. The predicted molar refractivity (Wildman–Crippen MR) is 63.7 cm³/mol. The molecule has 1 fully saturated rings. The SMILES string of the molecule is Cc1ccccc1NC(=O)C1CCC1C(=O)O. The van der Waals surface area contributed by atoms with Crippen LogP contribution in [0.15, 0.2) is 24.3 Å². The predicted octanol–water partition coefficient (Wildman–Crippen LogP) is 2.04. The highest BCUT2D eigenvalue weighted by molar-refractivity contribution is 5.96. The number of carboxylic acids is 1. The lowest BCUT2D eigenvalue weighted by molar-refractivity contribution is -0.151. The number of carbonyl (C=O) groups excluding carboxylic acids is 1. The molecule has 2 atom stereocenters. The number of aryl methyl sites for hydroxylation is 1. The lowest BCUT2D eigenvalue weighted by Gasteiger charge is -2.32. The standard InChI is InChI=1S/C13H15NO3/c1-8-4-2-3-5-11(8)14-12(15)9-6-7-10(9)13(16)17/h2-5,9-10H,6-7H2,1H3,(H,14,15)(H,16,17). The second-order valence-electron chi connectivity index (χ2n) is 4.43. The Kier molecular flexibility index (Phi) is 3.13. The van der Waals surface area contributed by atoms with Gasteiger partial charge in [-0.1, -0.05) is 18.2 Å². The van der Waals surface area contributed by atoms with Crippen molar-refractivity contribution in [2.75, 3.05) is 5.32 Å². The van der Waals surface area contributed by atoms with Crippen molar-refractivity contribution in [2.24, 2.45) is 11.8 Å². The van der Waals surface area contributed by atoms with Crippen LogP contribution in [0.4, 0.5) is 5.69 Å². The molecule has 0 heterocycles. The maximum absolute atomic E-state index is 11.9. The van der Waals surface area contributed by atoms with Gasteiger partial charge in [0, 0.05) is 5.69 Å². The van der Waals surface area contributed by atoms with Gasteiger partial charge in [-0.15, -0.1) is 0 Å². The first kappa shape index (κ1) is 11.6. The van der Waals surface area contributed by atoms with Gasteiger partial charge >= 0.3 is 5.97 Å². The van der Waals surface area contributed by atoms with Gasteiger partial charge in [-0.3, -0.25) is 9.59 Å². The van der Waals surface area contributed by atoms with E-state index in [1.165, 1.54) is 0 Å². The molecule has 90 valence electrons. The van der Waals surface area contributed by atoms with Crippen LogP contribution in [-0.2, 0) is 9.59 Å². The summed E-state index contributed by atoms with van der Waals surface area (Å²) in [5.41, 5.74) is 1.74. The summed E-state index contributed by atoms with van der Waals surface area (Å²) in [6.45, 7) is 1.91. The molecule has 2 rings (SSSR count). The first-order chi connectivity index (χ1) is 8.09. The lowest BCUT2D eigenvalue weighted by Crippen LogP contribution is -2.41. The fourth-order valence-corrected chi connectivity index (χ4v) is 2.05. The zero-order valence-corrected chi connectivity index (χ0v) is 9.64. The minimum absolute atomic E-state index is 0.182. The van der Waals surface area contributed by atoms with Crippen molar-refractivity contribution in [1.29, 1.82) is 0 Å². The van der Waals surface area contributed by atoms with E-state index in [2.05, 4.69) is 5.32 Å². The minimum atomic E-state index is -0.874. The van der Waals surface area contributed by atoms with E-state index < -0.39 is 11.9 Å². The molecule has 2 unspecified atom stereocenters. The molecule has 1 amide bonds. The number of nitrogens with one attached hydrogen (secondary N) is 1. The van der Waals surface area contributed by atoms with E-state index in [1.807, 2.05) is 31.2 Å². The summed E-state index contributed by atoms with van der Waals surface area (Å²) in [5.74, 6) is -1.95. The molecule has 0 spiro atoms. The Labute approximate surface area is 99.6 Å². The maximum atomic E-state index is 11.9. The Morgan fingerprint density at radius 1 is 1.24 bits per heavy atom. The van der Waals surface area contributed by atoms with Gasteiger partial charge in [0.2, 0.25) is 5.91 Å². The summed E-state index contributed by atoms with van der Waals surface area (Å²) in [7, 11) is 0. The quantitative estimate of drug-likeness (QED) is 0.839. The third kappa shape index (κ3) is 2.30. The van der Waals surface area contributed by atoms with Crippen LogP contribution in [0.3, 0.4) is 0 Å². The zero-order valence-electron chi connectivity index (χ0n) is 9.64. The van der Waals surface area contributed by atoms with Crippen molar-refractivity contribution in [3.63, 3.8) is 0 Å². The molecule has 1 saturated carbocycles.